The summed E-state index contributed by atoms with van der Waals surface area (Å²) in [4.78, 5) is 23.6. The number of cyclic esters (lactones) is 1. The van der Waals surface area contributed by atoms with Crippen LogP contribution in [0.4, 0.5) is 0 Å². The molecule has 1 unspecified atom stereocenters. The molecule has 2 rings (SSSR count). The number of carbonyl (C=O) groups excluding carboxylic acids is 2. The van der Waals surface area contributed by atoms with Crippen LogP contribution in [0.1, 0.15) is 26.7 Å². The predicted molar refractivity (Wildman–Crippen MR) is 61.0 cm³/mol. The first-order valence-corrected chi connectivity index (χ1v) is 6.07. The lowest BCUT2D eigenvalue weighted by Crippen LogP contribution is -2.37. The fourth-order valence-corrected chi connectivity index (χ4v) is 3.04. The van der Waals surface area contributed by atoms with E-state index in [1.165, 1.54) is 7.11 Å². The molecule has 94 valence electrons. The molecule has 0 radical (unpaired) electrons. The van der Waals surface area contributed by atoms with Gasteiger partial charge in [-0.2, -0.15) is 0 Å². The third kappa shape index (κ3) is 1.85. The van der Waals surface area contributed by atoms with Gasteiger partial charge in [-0.25, -0.2) is 0 Å². The zero-order valence-electron chi connectivity index (χ0n) is 10.4. The summed E-state index contributed by atoms with van der Waals surface area (Å²) in [6, 6.07) is 0. The molecule has 0 aromatic heterocycles. The van der Waals surface area contributed by atoms with Gasteiger partial charge in [0.1, 0.15) is 6.10 Å². The second-order valence-electron chi connectivity index (χ2n) is 4.69. The molecule has 4 heteroatoms. The van der Waals surface area contributed by atoms with Crippen LogP contribution in [0.25, 0.3) is 0 Å². The van der Waals surface area contributed by atoms with Crippen LogP contribution in [0.5, 0.6) is 0 Å². The SMILES string of the molecule is CCC1=CC[C@@H]2C(=O)O[C@@H](C)[C@@H]2C1C(=O)OC. The van der Waals surface area contributed by atoms with Gasteiger partial charge in [0.05, 0.1) is 18.9 Å². The van der Waals surface area contributed by atoms with Gasteiger partial charge in [0.25, 0.3) is 0 Å². The highest BCUT2D eigenvalue weighted by atomic mass is 16.6. The first-order chi connectivity index (χ1) is 8.10. The van der Waals surface area contributed by atoms with E-state index < -0.39 is 0 Å². The molecule has 0 N–H and O–H groups in total. The second-order valence-corrected chi connectivity index (χ2v) is 4.69. The number of ether oxygens (including phenoxy) is 2. The van der Waals surface area contributed by atoms with E-state index in [0.29, 0.717) is 6.42 Å². The second kappa shape index (κ2) is 4.51. The van der Waals surface area contributed by atoms with Crippen LogP contribution < -0.4 is 0 Å². The van der Waals surface area contributed by atoms with Crippen LogP contribution in [0.3, 0.4) is 0 Å². The molecule has 2 aliphatic rings. The average Bonchev–Trinajstić information content (AvgIpc) is 2.63. The van der Waals surface area contributed by atoms with Crippen LogP contribution in [0.15, 0.2) is 11.6 Å². The van der Waals surface area contributed by atoms with Gasteiger partial charge < -0.3 is 9.47 Å². The van der Waals surface area contributed by atoms with E-state index in [1.807, 2.05) is 19.9 Å². The minimum atomic E-state index is -0.315. The summed E-state index contributed by atoms with van der Waals surface area (Å²) in [5.41, 5.74) is 1.07. The standard InChI is InChI=1S/C13H18O4/c1-4-8-5-6-9-10(7(2)17-12(9)14)11(8)13(15)16-3/h5,7,9-11H,4,6H2,1-3H3/t7-,9-,10-,11?/m0/s1. The van der Waals surface area contributed by atoms with Gasteiger partial charge in [0.2, 0.25) is 0 Å². The van der Waals surface area contributed by atoms with E-state index >= 15 is 0 Å². The van der Waals surface area contributed by atoms with Crippen LogP contribution in [-0.2, 0) is 19.1 Å². The maximum Gasteiger partial charge on any atom is 0.313 e. The van der Waals surface area contributed by atoms with Crippen molar-refractivity contribution in [3.05, 3.63) is 11.6 Å². The van der Waals surface area contributed by atoms with Gasteiger partial charge in [-0.05, 0) is 19.8 Å². The Labute approximate surface area is 101 Å². The number of esters is 2. The largest absolute Gasteiger partial charge is 0.469 e. The maximum absolute atomic E-state index is 11.9. The maximum atomic E-state index is 11.9. The fourth-order valence-electron chi connectivity index (χ4n) is 3.04. The quantitative estimate of drug-likeness (QED) is 0.542. The molecule has 0 bridgehead atoms. The number of hydrogen-bond donors (Lipinski definition) is 0. The molecule has 1 heterocycles. The number of hydrogen-bond acceptors (Lipinski definition) is 4. The Bertz CT molecular complexity index is 372. The molecule has 0 aromatic carbocycles. The van der Waals surface area contributed by atoms with Crippen LogP contribution in [-0.4, -0.2) is 25.2 Å². The first-order valence-electron chi connectivity index (χ1n) is 6.07. The normalized spacial score (nSPS) is 35.9. The molecular weight excluding hydrogens is 220 g/mol. The van der Waals surface area contributed by atoms with E-state index in [1.54, 1.807) is 0 Å². The minimum Gasteiger partial charge on any atom is -0.469 e. The van der Waals surface area contributed by atoms with Gasteiger partial charge in [-0.15, -0.1) is 0 Å². The molecule has 4 atom stereocenters. The van der Waals surface area contributed by atoms with Crippen molar-refractivity contribution >= 4 is 11.9 Å². The summed E-state index contributed by atoms with van der Waals surface area (Å²) < 4.78 is 10.1. The summed E-state index contributed by atoms with van der Waals surface area (Å²) in [5.74, 6) is -0.981. The van der Waals surface area contributed by atoms with E-state index in [2.05, 4.69) is 0 Å². The molecule has 1 aliphatic heterocycles. The summed E-state index contributed by atoms with van der Waals surface area (Å²) >= 11 is 0. The summed E-state index contributed by atoms with van der Waals surface area (Å²) in [6.45, 7) is 3.88. The highest BCUT2D eigenvalue weighted by Gasteiger charge is 2.51. The van der Waals surface area contributed by atoms with Crippen LogP contribution in [0.2, 0.25) is 0 Å². The Kier molecular flexibility index (Phi) is 3.22. The van der Waals surface area contributed by atoms with Crippen LogP contribution >= 0.6 is 0 Å². The Morgan fingerprint density at radius 2 is 2.29 bits per heavy atom. The van der Waals surface area contributed by atoms with E-state index in [9.17, 15) is 9.59 Å². The number of fused-ring (bicyclic) bond motifs is 1. The average molecular weight is 238 g/mol. The predicted octanol–water partition coefficient (Wildman–Crippen LogP) is 1.69. The monoisotopic (exact) mass is 238 g/mol. The highest BCUT2D eigenvalue weighted by Crippen LogP contribution is 2.44. The first kappa shape index (κ1) is 12.1. The summed E-state index contributed by atoms with van der Waals surface area (Å²) in [5, 5.41) is 0. The van der Waals surface area contributed by atoms with Gasteiger partial charge in [-0.3, -0.25) is 9.59 Å². The van der Waals surface area contributed by atoms with Crippen molar-refractivity contribution in [1.82, 2.24) is 0 Å². The Hall–Kier alpha value is -1.32. The van der Waals surface area contributed by atoms with E-state index in [0.717, 1.165) is 12.0 Å². The molecule has 17 heavy (non-hydrogen) atoms. The zero-order chi connectivity index (χ0) is 12.6. The smallest absolute Gasteiger partial charge is 0.313 e. The van der Waals surface area contributed by atoms with Crippen molar-refractivity contribution in [2.75, 3.05) is 7.11 Å². The van der Waals surface area contributed by atoms with Crippen molar-refractivity contribution in [3.8, 4) is 0 Å². The van der Waals surface area contributed by atoms with Gasteiger partial charge >= 0.3 is 11.9 Å². The summed E-state index contributed by atoms with van der Waals surface area (Å²) in [6.07, 6.45) is 3.29. The molecule has 1 fully saturated rings. The zero-order valence-corrected chi connectivity index (χ0v) is 10.4. The summed E-state index contributed by atoms with van der Waals surface area (Å²) in [7, 11) is 1.39. The third-order valence-electron chi connectivity index (χ3n) is 3.89. The lowest BCUT2D eigenvalue weighted by atomic mass is 9.70. The van der Waals surface area contributed by atoms with Crippen molar-refractivity contribution in [3.63, 3.8) is 0 Å². The third-order valence-corrected chi connectivity index (χ3v) is 3.89. The Balaban J connectivity index is 2.36. The molecule has 1 aliphatic carbocycles. The molecule has 0 saturated carbocycles. The molecule has 0 spiro atoms. The molecule has 0 amide bonds. The van der Waals surface area contributed by atoms with E-state index in [-0.39, 0.29) is 35.8 Å². The molecule has 4 nitrogen and oxygen atoms in total. The van der Waals surface area contributed by atoms with E-state index in [4.69, 9.17) is 9.47 Å². The molecule has 0 aromatic rings. The number of carbonyl (C=O) groups is 2. The van der Waals surface area contributed by atoms with Gasteiger partial charge in [-0.1, -0.05) is 18.6 Å². The van der Waals surface area contributed by atoms with Crippen molar-refractivity contribution in [2.45, 2.75) is 32.8 Å². The van der Waals surface area contributed by atoms with Crippen molar-refractivity contribution < 1.29 is 19.1 Å². The van der Waals surface area contributed by atoms with Gasteiger partial charge in [0, 0.05) is 5.92 Å². The van der Waals surface area contributed by atoms with Crippen LogP contribution in [0, 0.1) is 17.8 Å². The molecule has 1 saturated heterocycles. The lowest BCUT2D eigenvalue weighted by Gasteiger charge is -2.31. The Morgan fingerprint density at radius 1 is 1.59 bits per heavy atom. The van der Waals surface area contributed by atoms with Crippen molar-refractivity contribution in [1.29, 1.82) is 0 Å². The number of allylic oxidation sites excluding steroid dienone is 1. The van der Waals surface area contributed by atoms with Gasteiger partial charge in [0.15, 0.2) is 0 Å². The molecular formula is C13H18O4. The fraction of sp³-hybridized carbons (Fsp3) is 0.692. The number of rotatable bonds is 2. The highest BCUT2D eigenvalue weighted by molar-refractivity contribution is 5.82. The number of methoxy groups -OCH3 is 1. The Morgan fingerprint density at radius 3 is 2.88 bits per heavy atom. The van der Waals surface area contributed by atoms with Crippen molar-refractivity contribution in [2.24, 2.45) is 17.8 Å². The lowest BCUT2D eigenvalue weighted by molar-refractivity contribution is -0.147. The minimum absolute atomic E-state index is 0.0603. The topological polar surface area (TPSA) is 52.6 Å².